The highest BCUT2D eigenvalue weighted by molar-refractivity contribution is 6.12. The molecule has 0 spiro atoms. The van der Waals surface area contributed by atoms with E-state index in [2.05, 4.69) is 0 Å². The van der Waals surface area contributed by atoms with Gasteiger partial charge in [0.15, 0.2) is 0 Å². The third-order valence-electron chi connectivity index (χ3n) is 0.863. The van der Waals surface area contributed by atoms with Crippen LogP contribution in [-0.4, -0.2) is 22.9 Å². The van der Waals surface area contributed by atoms with E-state index in [1.54, 1.807) is 0 Å². The van der Waals surface area contributed by atoms with Gasteiger partial charge in [0.2, 0.25) is 0 Å². The Hall–Kier alpha value is -2.16. The summed E-state index contributed by atoms with van der Waals surface area (Å²) in [6, 6.07) is 1.47. The number of carboxylic acid groups (broad SMARTS) is 1. The first-order valence-electron chi connectivity index (χ1n) is 3.18. The van der Waals surface area contributed by atoms with Crippen molar-refractivity contribution in [3.63, 3.8) is 0 Å². The van der Waals surface area contributed by atoms with E-state index in [4.69, 9.17) is 10.4 Å². The van der Waals surface area contributed by atoms with Gasteiger partial charge in [-0.3, -0.25) is 19.7 Å². The molecule has 0 bridgehead atoms. The van der Waals surface area contributed by atoms with Crippen molar-refractivity contribution in [3.05, 3.63) is 12.2 Å². The van der Waals surface area contributed by atoms with E-state index in [1.165, 1.54) is 18.2 Å². The molecule has 0 atom stereocenters. The number of hydrogen-bond acceptors (Lipinski definition) is 4. The van der Waals surface area contributed by atoms with Crippen LogP contribution in [0, 0.1) is 11.3 Å². The Balaban J connectivity index is 0.000000226. The van der Waals surface area contributed by atoms with Crippen molar-refractivity contribution in [2.45, 2.75) is 6.42 Å². The van der Waals surface area contributed by atoms with Crippen LogP contribution in [0.1, 0.15) is 6.42 Å². The van der Waals surface area contributed by atoms with Crippen LogP contribution >= 0.6 is 0 Å². The second-order valence-electron chi connectivity index (χ2n) is 1.92. The van der Waals surface area contributed by atoms with Crippen molar-refractivity contribution in [1.29, 1.82) is 5.26 Å². The average molecular weight is 182 g/mol. The largest absolute Gasteiger partial charge is 0.480 e. The lowest BCUT2D eigenvalue weighted by atomic mass is 10.5. The molecule has 0 aromatic heterocycles. The Morgan fingerprint density at radius 3 is 2.00 bits per heavy atom. The van der Waals surface area contributed by atoms with Gasteiger partial charge < -0.3 is 5.11 Å². The maximum absolute atomic E-state index is 10.0. The lowest BCUT2D eigenvalue weighted by molar-refractivity contribution is -0.135. The minimum atomic E-state index is -1.07. The topological polar surface area (TPSA) is 107 Å². The third-order valence-corrected chi connectivity index (χ3v) is 0.863. The molecule has 2 amide bonds. The number of hydrogen-bond donors (Lipinski definition) is 2. The highest BCUT2D eigenvalue weighted by Crippen LogP contribution is 1.82. The van der Waals surface area contributed by atoms with Crippen LogP contribution in [0.4, 0.5) is 0 Å². The fourth-order valence-electron chi connectivity index (χ4n) is 0.424. The summed E-state index contributed by atoms with van der Waals surface area (Å²) in [4.78, 5) is 29.4. The molecule has 6 heteroatoms. The number of carbonyl (C=O) groups excluding carboxylic acids is 2. The van der Waals surface area contributed by atoms with Crippen molar-refractivity contribution in [3.8, 4) is 6.07 Å². The molecule has 0 unspecified atom stereocenters. The number of nitriles is 1. The molecule has 0 aromatic rings. The Labute approximate surface area is 73.5 Å². The number of nitrogens with zero attached hydrogens (tertiary/aromatic N) is 1. The molecule has 0 saturated heterocycles. The van der Waals surface area contributed by atoms with Crippen molar-refractivity contribution in [2.75, 3.05) is 0 Å². The van der Waals surface area contributed by atoms with Crippen LogP contribution in [0.15, 0.2) is 12.2 Å². The Morgan fingerprint density at radius 1 is 1.46 bits per heavy atom. The van der Waals surface area contributed by atoms with Gasteiger partial charge in [-0.1, -0.05) is 0 Å². The number of amides is 2. The maximum Gasteiger partial charge on any atom is 0.317 e. The fourth-order valence-corrected chi connectivity index (χ4v) is 0.424. The van der Waals surface area contributed by atoms with E-state index in [0.717, 1.165) is 0 Å². The molecule has 6 nitrogen and oxygen atoms in total. The van der Waals surface area contributed by atoms with Crippen LogP contribution in [0.5, 0.6) is 0 Å². The number of nitrogens with one attached hydrogen (secondary N) is 1. The van der Waals surface area contributed by atoms with Crippen LogP contribution in [-0.2, 0) is 14.4 Å². The van der Waals surface area contributed by atoms with E-state index in [1.807, 2.05) is 5.32 Å². The zero-order chi connectivity index (χ0) is 10.3. The Morgan fingerprint density at radius 2 is 1.92 bits per heavy atom. The highest BCUT2D eigenvalue weighted by atomic mass is 16.4. The minimum absolute atomic E-state index is 0.329. The second kappa shape index (κ2) is 5.49. The van der Waals surface area contributed by atoms with Gasteiger partial charge in [-0.15, -0.1) is 0 Å². The first-order chi connectivity index (χ1) is 6.06. The highest BCUT2D eigenvalue weighted by Gasteiger charge is 2.06. The van der Waals surface area contributed by atoms with Gasteiger partial charge in [0.05, 0.1) is 6.07 Å². The molecular weight excluding hydrogens is 176 g/mol. The predicted molar refractivity (Wildman–Crippen MR) is 40.2 cm³/mol. The lowest BCUT2D eigenvalue weighted by Gasteiger charge is -1.80. The summed E-state index contributed by atoms with van der Waals surface area (Å²) in [5.74, 6) is -1.73. The van der Waals surface area contributed by atoms with Crippen LogP contribution in [0.25, 0.3) is 0 Å². The van der Waals surface area contributed by atoms with Crippen LogP contribution in [0.3, 0.4) is 0 Å². The molecule has 0 aromatic carbocycles. The summed E-state index contributed by atoms with van der Waals surface area (Å²) in [5, 5.41) is 17.3. The smallest absolute Gasteiger partial charge is 0.317 e. The van der Waals surface area contributed by atoms with Crippen molar-refractivity contribution in [1.82, 2.24) is 5.32 Å². The molecule has 0 saturated carbocycles. The molecule has 1 heterocycles. The van der Waals surface area contributed by atoms with E-state index in [9.17, 15) is 14.4 Å². The first kappa shape index (κ1) is 10.8. The summed E-state index contributed by atoms with van der Waals surface area (Å²) < 4.78 is 0. The fraction of sp³-hybridized carbons (Fsp3) is 0.143. The van der Waals surface area contributed by atoms with Gasteiger partial charge >= 0.3 is 5.97 Å². The molecule has 0 radical (unpaired) electrons. The molecule has 0 fully saturated rings. The van der Waals surface area contributed by atoms with Gasteiger partial charge in [0, 0.05) is 12.2 Å². The molecule has 0 aliphatic carbocycles. The van der Waals surface area contributed by atoms with Crippen LogP contribution in [0.2, 0.25) is 0 Å². The van der Waals surface area contributed by atoms with E-state index >= 15 is 0 Å². The van der Waals surface area contributed by atoms with E-state index in [-0.39, 0.29) is 11.8 Å². The standard InChI is InChI=1S/C4H3NO2.C3H3NO2/c6-3-1-2-4(7)5-3;4-2-1-3(5)6/h1-2H,(H,5,6,7);1H2,(H,5,6). The first-order valence-corrected chi connectivity index (χ1v) is 3.18. The zero-order valence-corrected chi connectivity index (χ0v) is 6.48. The van der Waals surface area contributed by atoms with Gasteiger partial charge in [-0.25, -0.2) is 0 Å². The zero-order valence-electron chi connectivity index (χ0n) is 6.48. The SMILES string of the molecule is N#CCC(=O)O.O=C1C=CC(=O)N1. The summed E-state index contributed by atoms with van der Waals surface area (Å²) >= 11 is 0. The summed E-state index contributed by atoms with van der Waals surface area (Å²) in [5.41, 5.74) is 0. The Kier molecular flexibility index (Phi) is 4.57. The molecule has 13 heavy (non-hydrogen) atoms. The monoisotopic (exact) mass is 182 g/mol. The van der Waals surface area contributed by atoms with Gasteiger partial charge in [-0.2, -0.15) is 5.26 Å². The number of rotatable bonds is 1. The van der Waals surface area contributed by atoms with Crippen molar-refractivity contribution in [2.24, 2.45) is 0 Å². The van der Waals surface area contributed by atoms with Crippen LogP contribution < -0.4 is 5.32 Å². The minimum Gasteiger partial charge on any atom is -0.480 e. The average Bonchev–Trinajstić information content (AvgIpc) is 2.35. The predicted octanol–water partition coefficient (Wildman–Crippen LogP) is -0.816. The maximum atomic E-state index is 10.0. The second-order valence-corrected chi connectivity index (χ2v) is 1.92. The summed E-state index contributed by atoms with van der Waals surface area (Å²) in [7, 11) is 0. The molecular formula is C7H6N2O4. The Bertz CT molecular complexity index is 284. The number of imide groups is 1. The van der Waals surface area contributed by atoms with Gasteiger partial charge in [-0.05, 0) is 0 Å². The molecule has 2 N–H and O–H groups in total. The number of aliphatic carboxylic acids is 1. The van der Waals surface area contributed by atoms with Crippen molar-refractivity contribution >= 4 is 17.8 Å². The van der Waals surface area contributed by atoms with E-state index in [0.29, 0.717) is 0 Å². The third kappa shape index (κ3) is 6.25. The molecule has 1 aliphatic heterocycles. The lowest BCUT2D eigenvalue weighted by Crippen LogP contribution is -2.19. The molecule has 68 valence electrons. The van der Waals surface area contributed by atoms with Crippen molar-refractivity contribution < 1.29 is 19.5 Å². The number of carboxylic acids is 1. The normalized spacial score (nSPS) is 12.5. The van der Waals surface area contributed by atoms with Gasteiger partial charge in [0.25, 0.3) is 11.8 Å². The molecule has 1 rings (SSSR count). The summed E-state index contributed by atoms with van der Waals surface area (Å²) in [6.45, 7) is 0. The van der Waals surface area contributed by atoms with Gasteiger partial charge in [0.1, 0.15) is 6.42 Å². The quantitative estimate of drug-likeness (QED) is 0.515. The van der Waals surface area contributed by atoms with E-state index < -0.39 is 12.4 Å². The number of carbonyl (C=O) groups is 3. The summed E-state index contributed by atoms with van der Waals surface area (Å²) in [6.07, 6.45) is 1.99. The molecule has 1 aliphatic rings.